The Morgan fingerprint density at radius 3 is 3.00 bits per heavy atom. The summed E-state index contributed by atoms with van der Waals surface area (Å²) in [7, 11) is 1.37. The summed E-state index contributed by atoms with van der Waals surface area (Å²) in [6, 6.07) is 5.43. The number of hydrogen-bond acceptors (Lipinski definition) is 4. The van der Waals surface area contributed by atoms with Gasteiger partial charge in [-0.1, -0.05) is 6.07 Å². The van der Waals surface area contributed by atoms with E-state index in [0.717, 1.165) is 4.60 Å². The zero-order valence-electron chi connectivity index (χ0n) is 8.40. The molecule has 1 aromatic rings. The Labute approximate surface area is 96.7 Å². The molecule has 5 heteroatoms. The van der Waals surface area contributed by atoms with Gasteiger partial charge in [0.05, 0.1) is 13.7 Å². The smallest absolute Gasteiger partial charge is 0.305 e. The lowest BCUT2D eigenvalue weighted by Crippen LogP contribution is -2.05. The minimum Gasteiger partial charge on any atom is -0.478 e. The highest BCUT2D eigenvalue weighted by molar-refractivity contribution is 9.10. The summed E-state index contributed by atoms with van der Waals surface area (Å²) < 4.78 is 10.6. The van der Waals surface area contributed by atoms with E-state index in [0.29, 0.717) is 25.3 Å². The van der Waals surface area contributed by atoms with Crippen LogP contribution < -0.4 is 4.74 Å². The number of methoxy groups -OCH3 is 1. The molecule has 1 aromatic heterocycles. The van der Waals surface area contributed by atoms with Crippen LogP contribution in [-0.2, 0) is 9.53 Å². The van der Waals surface area contributed by atoms with Crippen LogP contribution >= 0.6 is 15.9 Å². The van der Waals surface area contributed by atoms with Crippen LogP contribution in [0.4, 0.5) is 0 Å². The van der Waals surface area contributed by atoms with E-state index in [-0.39, 0.29) is 5.97 Å². The van der Waals surface area contributed by atoms with Gasteiger partial charge in [-0.05, 0) is 28.4 Å². The molecule has 1 rings (SSSR count). The van der Waals surface area contributed by atoms with Crippen molar-refractivity contribution in [2.24, 2.45) is 0 Å². The molecule has 0 radical (unpaired) electrons. The van der Waals surface area contributed by atoms with Gasteiger partial charge in [-0.15, -0.1) is 0 Å². The molecule has 0 fully saturated rings. The molecule has 1 heterocycles. The zero-order chi connectivity index (χ0) is 11.1. The lowest BCUT2D eigenvalue weighted by atomic mass is 10.3. The second kappa shape index (κ2) is 6.40. The van der Waals surface area contributed by atoms with Crippen LogP contribution in [-0.4, -0.2) is 24.7 Å². The van der Waals surface area contributed by atoms with Crippen LogP contribution in [0.1, 0.15) is 12.8 Å². The van der Waals surface area contributed by atoms with Gasteiger partial charge in [0.25, 0.3) is 0 Å². The Balaban J connectivity index is 2.23. The fourth-order valence-corrected chi connectivity index (χ4v) is 1.29. The highest BCUT2D eigenvalue weighted by atomic mass is 79.9. The maximum Gasteiger partial charge on any atom is 0.305 e. The number of nitrogens with zero attached hydrogens (tertiary/aromatic N) is 1. The monoisotopic (exact) mass is 273 g/mol. The topological polar surface area (TPSA) is 48.4 Å². The molecule has 0 bridgehead atoms. The van der Waals surface area contributed by atoms with Crippen molar-refractivity contribution >= 4 is 21.9 Å². The lowest BCUT2D eigenvalue weighted by Gasteiger charge is -2.04. The number of aromatic nitrogens is 1. The first-order chi connectivity index (χ1) is 7.22. The van der Waals surface area contributed by atoms with Crippen LogP contribution in [0.2, 0.25) is 0 Å². The molecule has 0 unspecified atom stereocenters. The standard InChI is InChI=1S/C10H12BrNO3/c1-14-10(13)6-3-7-15-9-5-2-4-8(11)12-9/h2,4-5H,3,6-7H2,1H3. The molecule has 15 heavy (non-hydrogen) atoms. The fraction of sp³-hybridized carbons (Fsp3) is 0.400. The summed E-state index contributed by atoms with van der Waals surface area (Å²) in [6.45, 7) is 0.457. The maximum absolute atomic E-state index is 10.8. The number of hydrogen-bond donors (Lipinski definition) is 0. The van der Waals surface area contributed by atoms with Crippen LogP contribution in [0.3, 0.4) is 0 Å². The number of carbonyl (C=O) groups is 1. The SMILES string of the molecule is COC(=O)CCCOc1cccc(Br)n1. The van der Waals surface area contributed by atoms with Crippen LogP contribution in [0.25, 0.3) is 0 Å². The van der Waals surface area contributed by atoms with Gasteiger partial charge in [0, 0.05) is 12.5 Å². The quantitative estimate of drug-likeness (QED) is 0.469. The molecule has 0 aliphatic rings. The summed E-state index contributed by atoms with van der Waals surface area (Å²) in [5, 5.41) is 0. The van der Waals surface area contributed by atoms with Crippen molar-refractivity contribution in [3.8, 4) is 5.88 Å². The maximum atomic E-state index is 10.8. The van der Waals surface area contributed by atoms with E-state index in [4.69, 9.17) is 4.74 Å². The molecule has 0 atom stereocenters. The van der Waals surface area contributed by atoms with E-state index in [1.54, 1.807) is 6.07 Å². The van der Waals surface area contributed by atoms with Crippen molar-refractivity contribution < 1.29 is 14.3 Å². The highest BCUT2D eigenvalue weighted by Gasteiger charge is 2.00. The van der Waals surface area contributed by atoms with Gasteiger partial charge in [-0.25, -0.2) is 4.98 Å². The Kier molecular flexibility index (Phi) is 5.10. The minimum atomic E-state index is -0.221. The number of esters is 1. The van der Waals surface area contributed by atoms with Crippen molar-refractivity contribution in [2.75, 3.05) is 13.7 Å². The molecule has 0 aliphatic heterocycles. The van der Waals surface area contributed by atoms with E-state index in [1.165, 1.54) is 7.11 Å². The van der Waals surface area contributed by atoms with E-state index >= 15 is 0 Å². The summed E-state index contributed by atoms with van der Waals surface area (Å²) in [4.78, 5) is 14.9. The zero-order valence-corrected chi connectivity index (χ0v) is 9.99. The first kappa shape index (κ1) is 12.0. The molecule has 0 N–H and O–H groups in total. The molecule has 4 nitrogen and oxygen atoms in total. The van der Waals surface area contributed by atoms with Crippen molar-refractivity contribution in [2.45, 2.75) is 12.8 Å². The van der Waals surface area contributed by atoms with Crippen molar-refractivity contribution in [3.05, 3.63) is 22.8 Å². The van der Waals surface area contributed by atoms with Crippen molar-refractivity contribution in [1.82, 2.24) is 4.98 Å². The average Bonchev–Trinajstić information content (AvgIpc) is 2.24. The predicted octanol–water partition coefficient (Wildman–Crippen LogP) is 2.18. The van der Waals surface area contributed by atoms with E-state index in [9.17, 15) is 4.79 Å². The third-order valence-corrected chi connectivity index (χ3v) is 2.13. The van der Waals surface area contributed by atoms with Gasteiger partial charge in [0.2, 0.25) is 5.88 Å². The van der Waals surface area contributed by atoms with Crippen LogP contribution in [0.5, 0.6) is 5.88 Å². The predicted molar refractivity (Wildman–Crippen MR) is 58.7 cm³/mol. The van der Waals surface area contributed by atoms with Gasteiger partial charge in [0.1, 0.15) is 4.60 Å². The lowest BCUT2D eigenvalue weighted by molar-refractivity contribution is -0.140. The van der Waals surface area contributed by atoms with Crippen LogP contribution in [0, 0.1) is 0 Å². The summed E-state index contributed by atoms with van der Waals surface area (Å²) >= 11 is 3.24. The van der Waals surface area contributed by atoms with Gasteiger partial charge in [0.15, 0.2) is 0 Å². The third-order valence-electron chi connectivity index (χ3n) is 1.69. The van der Waals surface area contributed by atoms with Gasteiger partial charge in [-0.2, -0.15) is 0 Å². The second-order valence-electron chi connectivity index (χ2n) is 2.83. The fourth-order valence-electron chi connectivity index (χ4n) is 0.965. The molecule has 0 saturated carbocycles. The first-order valence-corrected chi connectivity index (χ1v) is 5.34. The van der Waals surface area contributed by atoms with E-state index < -0.39 is 0 Å². The second-order valence-corrected chi connectivity index (χ2v) is 3.64. The molecule has 0 amide bonds. The minimum absolute atomic E-state index is 0.221. The number of carbonyl (C=O) groups excluding carboxylic acids is 1. The molecule has 0 aliphatic carbocycles. The summed E-state index contributed by atoms with van der Waals surface area (Å²) in [5.41, 5.74) is 0. The molecular weight excluding hydrogens is 262 g/mol. The normalized spacial score (nSPS) is 9.73. The molecule has 0 aromatic carbocycles. The largest absolute Gasteiger partial charge is 0.478 e. The van der Waals surface area contributed by atoms with Gasteiger partial charge in [-0.3, -0.25) is 4.79 Å². The average molecular weight is 274 g/mol. The highest BCUT2D eigenvalue weighted by Crippen LogP contribution is 2.12. The van der Waals surface area contributed by atoms with E-state index in [2.05, 4.69) is 25.7 Å². The van der Waals surface area contributed by atoms with E-state index in [1.807, 2.05) is 12.1 Å². The Morgan fingerprint density at radius 1 is 1.53 bits per heavy atom. The number of pyridine rings is 1. The number of rotatable bonds is 5. The Hall–Kier alpha value is -1.10. The van der Waals surface area contributed by atoms with Gasteiger partial charge < -0.3 is 9.47 Å². The molecule has 0 saturated heterocycles. The number of halogens is 1. The Bertz CT molecular complexity index is 330. The Morgan fingerprint density at radius 2 is 2.33 bits per heavy atom. The first-order valence-electron chi connectivity index (χ1n) is 4.54. The molecule has 82 valence electrons. The summed E-state index contributed by atoms with van der Waals surface area (Å²) in [6.07, 6.45) is 0.991. The number of ether oxygens (including phenoxy) is 2. The molecular formula is C10H12BrNO3. The van der Waals surface area contributed by atoms with Crippen molar-refractivity contribution in [3.63, 3.8) is 0 Å². The summed E-state index contributed by atoms with van der Waals surface area (Å²) in [5.74, 6) is 0.329. The van der Waals surface area contributed by atoms with Crippen LogP contribution in [0.15, 0.2) is 22.8 Å². The third kappa shape index (κ3) is 4.78. The van der Waals surface area contributed by atoms with Gasteiger partial charge >= 0.3 is 5.97 Å². The van der Waals surface area contributed by atoms with Crippen molar-refractivity contribution in [1.29, 1.82) is 0 Å². The molecule has 0 spiro atoms.